The molecule has 100 valence electrons. The first-order valence-electron chi connectivity index (χ1n) is 6.12. The highest BCUT2D eigenvalue weighted by Crippen LogP contribution is 2.21. The largest absolute Gasteiger partial charge is 0.483 e. The van der Waals surface area contributed by atoms with Crippen LogP contribution >= 0.6 is 0 Å². The molecule has 0 radical (unpaired) electrons. The maximum Gasteiger partial charge on any atom is 0.181 e. The van der Waals surface area contributed by atoms with Gasteiger partial charge in [-0.15, -0.1) is 0 Å². The summed E-state index contributed by atoms with van der Waals surface area (Å²) in [6.07, 6.45) is 3.40. The Balaban J connectivity index is 1.71. The van der Waals surface area contributed by atoms with Crippen molar-refractivity contribution in [1.82, 2.24) is 20.2 Å². The Hall–Kier alpha value is -2.89. The average molecular weight is 267 g/mol. The van der Waals surface area contributed by atoms with Crippen LogP contribution in [0.5, 0.6) is 5.75 Å². The molecule has 3 rings (SSSR count). The number of aromatic amines is 1. The third kappa shape index (κ3) is 2.59. The number of benzene rings is 1. The fraction of sp³-hybridized carbons (Fsp3) is 0.0714. The summed E-state index contributed by atoms with van der Waals surface area (Å²) in [5.74, 6) is 1.89. The molecular weight excluding hydrogens is 254 g/mol. The van der Waals surface area contributed by atoms with Gasteiger partial charge in [0.05, 0.1) is 5.69 Å². The Bertz CT molecular complexity index is 696. The number of nitrogens with two attached hydrogens (primary N) is 1. The van der Waals surface area contributed by atoms with Crippen LogP contribution in [0.1, 0.15) is 5.82 Å². The third-order valence-corrected chi connectivity index (χ3v) is 2.75. The van der Waals surface area contributed by atoms with E-state index in [4.69, 9.17) is 10.5 Å². The number of H-pyrrole nitrogens is 1. The molecule has 0 bridgehead atoms. The van der Waals surface area contributed by atoms with Crippen molar-refractivity contribution >= 4 is 5.69 Å². The monoisotopic (exact) mass is 267 g/mol. The van der Waals surface area contributed by atoms with E-state index in [1.807, 2.05) is 30.3 Å². The number of anilines is 1. The molecule has 0 spiro atoms. The van der Waals surface area contributed by atoms with Crippen molar-refractivity contribution < 1.29 is 4.74 Å². The molecule has 3 N–H and O–H groups in total. The summed E-state index contributed by atoms with van der Waals surface area (Å²) < 4.78 is 5.60. The molecule has 0 aliphatic rings. The van der Waals surface area contributed by atoms with Gasteiger partial charge in [-0.3, -0.25) is 10.1 Å². The topological polar surface area (TPSA) is 89.7 Å². The number of pyridine rings is 1. The van der Waals surface area contributed by atoms with Gasteiger partial charge in [0.1, 0.15) is 12.4 Å². The van der Waals surface area contributed by atoms with E-state index in [0.717, 1.165) is 5.56 Å². The number of nitrogens with zero attached hydrogens (tertiary/aromatic N) is 3. The van der Waals surface area contributed by atoms with E-state index in [2.05, 4.69) is 20.2 Å². The fourth-order valence-corrected chi connectivity index (χ4v) is 1.75. The van der Waals surface area contributed by atoms with Gasteiger partial charge in [0.2, 0.25) is 0 Å². The lowest BCUT2D eigenvalue weighted by Gasteiger charge is -2.05. The second-order valence-corrected chi connectivity index (χ2v) is 4.17. The van der Waals surface area contributed by atoms with Gasteiger partial charge in [0.15, 0.2) is 11.6 Å². The Kier molecular flexibility index (Phi) is 3.28. The summed E-state index contributed by atoms with van der Waals surface area (Å²) in [6, 6.07) is 11.0. The van der Waals surface area contributed by atoms with Crippen molar-refractivity contribution in [3.05, 3.63) is 54.6 Å². The normalized spacial score (nSPS) is 10.4. The summed E-state index contributed by atoms with van der Waals surface area (Å²) in [7, 11) is 0. The van der Waals surface area contributed by atoms with Crippen LogP contribution in [0.4, 0.5) is 5.69 Å². The van der Waals surface area contributed by atoms with Crippen LogP contribution < -0.4 is 10.5 Å². The molecule has 3 aromatic rings. The molecule has 0 saturated heterocycles. The van der Waals surface area contributed by atoms with Crippen LogP contribution in [-0.4, -0.2) is 20.2 Å². The molecule has 0 fully saturated rings. The third-order valence-electron chi connectivity index (χ3n) is 2.75. The average Bonchev–Trinajstić information content (AvgIpc) is 2.96. The number of nitrogens with one attached hydrogen (secondary N) is 1. The van der Waals surface area contributed by atoms with Crippen LogP contribution in [0.2, 0.25) is 0 Å². The summed E-state index contributed by atoms with van der Waals surface area (Å²) in [6.45, 7) is 0.284. The number of para-hydroxylation sites is 2. The van der Waals surface area contributed by atoms with Crippen molar-refractivity contribution in [2.45, 2.75) is 6.61 Å². The maximum atomic E-state index is 5.80. The Labute approximate surface area is 115 Å². The van der Waals surface area contributed by atoms with Gasteiger partial charge in [-0.1, -0.05) is 12.1 Å². The van der Waals surface area contributed by atoms with Gasteiger partial charge >= 0.3 is 0 Å². The van der Waals surface area contributed by atoms with Crippen LogP contribution in [0.3, 0.4) is 0 Å². The molecule has 0 unspecified atom stereocenters. The Morgan fingerprint density at radius 1 is 1.10 bits per heavy atom. The van der Waals surface area contributed by atoms with E-state index in [0.29, 0.717) is 23.1 Å². The highest BCUT2D eigenvalue weighted by molar-refractivity contribution is 5.53. The van der Waals surface area contributed by atoms with Gasteiger partial charge in [-0.25, -0.2) is 4.98 Å². The van der Waals surface area contributed by atoms with Crippen molar-refractivity contribution in [1.29, 1.82) is 0 Å². The number of hydrogen-bond donors (Lipinski definition) is 2. The molecule has 2 heterocycles. The molecule has 0 saturated carbocycles. The lowest BCUT2D eigenvalue weighted by atomic mass is 10.2. The quantitative estimate of drug-likeness (QED) is 0.706. The Morgan fingerprint density at radius 3 is 2.70 bits per heavy atom. The molecule has 0 atom stereocenters. The van der Waals surface area contributed by atoms with Crippen molar-refractivity contribution in [2.24, 2.45) is 0 Å². The van der Waals surface area contributed by atoms with E-state index in [1.165, 1.54) is 0 Å². The number of rotatable bonds is 4. The SMILES string of the molecule is Nc1ccccc1OCc1nc(-c2ccncc2)n[nH]1. The molecule has 20 heavy (non-hydrogen) atoms. The zero-order chi connectivity index (χ0) is 13.8. The molecule has 6 nitrogen and oxygen atoms in total. The van der Waals surface area contributed by atoms with Crippen LogP contribution in [0, 0.1) is 0 Å². The zero-order valence-corrected chi connectivity index (χ0v) is 10.7. The fourth-order valence-electron chi connectivity index (χ4n) is 1.75. The molecular formula is C14H13N5O. The van der Waals surface area contributed by atoms with Gasteiger partial charge < -0.3 is 10.5 Å². The summed E-state index contributed by atoms with van der Waals surface area (Å²) in [5.41, 5.74) is 7.31. The van der Waals surface area contributed by atoms with Crippen LogP contribution in [-0.2, 0) is 6.61 Å². The molecule has 2 aromatic heterocycles. The predicted molar refractivity (Wildman–Crippen MR) is 74.8 cm³/mol. The first kappa shape index (κ1) is 12.2. The van der Waals surface area contributed by atoms with Gasteiger partial charge in [-0.2, -0.15) is 5.10 Å². The zero-order valence-electron chi connectivity index (χ0n) is 10.7. The smallest absolute Gasteiger partial charge is 0.181 e. The van der Waals surface area contributed by atoms with Crippen LogP contribution in [0.25, 0.3) is 11.4 Å². The summed E-state index contributed by atoms with van der Waals surface area (Å²) in [4.78, 5) is 8.32. The lowest BCUT2D eigenvalue weighted by molar-refractivity contribution is 0.298. The van der Waals surface area contributed by atoms with E-state index in [1.54, 1.807) is 18.5 Å². The van der Waals surface area contributed by atoms with E-state index >= 15 is 0 Å². The predicted octanol–water partition coefficient (Wildman–Crippen LogP) is 2.03. The first-order chi connectivity index (χ1) is 9.83. The molecule has 0 amide bonds. The second kappa shape index (κ2) is 5.40. The summed E-state index contributed by atoms with van der Waals surface area (Å²) in [5, 5.41) is 6.99. The highest BCUT2D eigenvalue weighted by atomic mass is 16.5. The number of ether oxygens (including phenoxy) is 1. The van der Waals surface area contributed by atoms with Gasteiger partial charge in [0.25, 0.3) is 0 Å². The summed E-state index contributed by atoms with van der Waals surface area (Å²) >= 11 is 0. The minimum atomic E-state index is 0.284. The highest BCUT2D eigenvalue weighted by Gasteiger charge is 2.06. The van der Waals surface area contributed by atoms with E-state index < -0.39 is 0 Å². The lowest BCUT2D eigenvalue weighted by Crippen LogP contribution is -2.00. The number of hydrogen-bond acceptors (Lipinski definition) is 5. The van der Waals surface area contributed by atoms with Crippen LogP contribution in [0.15, 0.2) is 48.8 Å². The Morgan fingerprint density at radius 2 is 1.90 bits per heavy atom. The second-order valence-electron chi connectivity index (χ2n) is 4.17. The minimum Gasteiger partial charge on any atom is -0.483 e. The molecule has 6 heteroatoms. The van der Waals surface area contributed by atoms with Crippen molar-refractivity contribution in [2.75, 3.05) is 5.73 Å². The van der Waals surface area contributed by atoms with Gasteiger partial charge in [0, 0.05) is 18.0 Å². The standard InChI is InChI=1S/C14H13N5O/c15-11-3-1-2-4-12(11)20-9-13-17-14(19-18-13)10-5-7-16-8-6-10/h1-8H,9,15H2,(H,17,18,19). The van der Waals surface area contributed by atoms with Crippen molar-refractivity contribution in [3.63, 3.8) is 0 Å². The van der Waals surface area contributed by atoms with Crippen molar-refractivity contribution in [3.8, 4) is 17.1 Å². The maximum absolute atomic E-state index is 5.80. The number of aromatic nitrogens is 4. The minimum absolute atomic E-state index is 0.284. The van der Waals surface area contributed by atoms with Gasteiger partial charge in [-0.05, 0) is 24.3 Å². The molecule has 0 aliphatic heterocycles. The van der Waals surface area contributed by atoms with E-state index in [-0.39, 0.29) is 6.61 Å². The molecule has 1 aromatic carbocycles. The van der Waals surface area contributed by atoms with E-state index in [9.17, 15) is 0 Å². The molecule has 0 aliphatic carbocycles. The first-order valence-corrected chi connectivity index (χ1v) is 6.12. The number of nitrogen functional groups attached to an aromatic ring is 1.